The normalized spacial score (nSPS) is 13.6. The lowest BCUT2D eigenvalue weighted by atomic mass is 10.1. The first-order chi connectivity index (χ1) is 9.96. The Morgan fingerprint density at radius 1 is 1.33 bits per heavy atom. The van der Waals surface area contributed by atoms with Crippen LogP contribution in [0.1, 0.15) is 25.0 Å². The number of halogens is 2. The number of benzene rings is 1. The van der Waals surface area contributed by atoms with E-state index in [1.54, 1.807) is 25.3 Å². The smallest absolute Gasteiger partial charge is 0.315 e. The maximum atomic E-state index is 11.7. The maximum Gasteiger partial charge on any atom is 0.315 e. The number of ether oxygens (including phenoxy) is 1. The fourth-order valence-corrected chi connectivity index (χ4v) is 2.32. The predicted octanol–water partition coefficient (Wildman–Crippen LogP) is 2.75. The maximum absolute atomic E-state index is 11.7. The standard InChI is InChI=1S/C14H20Cl2N2O3/c1-3-12(8-21-2)18-14(20)17-7-13(19)9-4-10(15)6-11(16)5-9/h4-6,12-13,19H,3,7-8H2,1-2H3,(H2,17,18,20). The van der Waals surface area contributed by atoms with Crippen molar-refractivity contribution in [2.45, 2.75) is 25.5 Å². The lowest BCUT2D eigenvalue weighted by molar-refractivity contribution is 0.157. The number of nitrogens with one attached hydrogen (secondary N) is 2. The fourth-order valence-electron chi connectivity index (χ4n) is 1.77. The van der Waals surface area contributed by atoms with Gasteiger partial charge in [0.15, 0.2) is 0 Å². The molecule has 21 heavy (non-hydrogen) atoms. The molecule has 3 N–H and O–H groups in total. The number of aliphatic hydroxyl groups is 1. The van der Waals surface area contributed by atoms with Crippen LogP contribution in [0.5, 0.6) is 0 Å². The molecular formula is C14H20Cl2N2O3. The van der Waals surface area contributed by atoms with Gasteiger partial charge in [-0.1, -0.05) is 30.1 Å². The van der Waals surface area contributed by atoms with E-state index in [-0.39, 0.29) is 18.6 Å². The summed E-state index contributed by atoms with van der Waals surface area (Å²) in [5.74, 6) is 0. The summed E-state index contributed by atoms with van der Waals surface area (Å²) in [5.41, 5.74) is 0.553. The van der Waals surface area contributed by atoms with Crippen LogP contribution < -0.4 is 10.6 Å². The van der Waals surface area contributed by atoms with Gasteiger partial charge in [0.2, 0.25) is 0 Å². The Labute approximate surface area is 134 Å². The molecule has 0 spiro atoms. The summed E-state index contributed by atoms with van der Waals surface area (Å²) < 4.78 is 5.00. The molecule has 0 aliphatic rings. The van der Waals surface area contributed by atoms with Gasteiger partial charge in [-0.05, 0) is 30.2 Å². The van der Waals surface area contributed by atoms with Gasteiger partial charge in [-0.15, -0.1) is 0 Å². The highest BCUT2D eigenvalue weighted by atomic mass is 35.5. The number of hydrogen-bond donors (Lipinski definition) is 3. The van der Waals surface area contributed by atoms with Crippen molar-refractivity contribution in [2.24, 2.45) is 0 Å². The molecule has 0 aliphatic heterocycles. The molecular weight excluding hydrogens is 315 g/mol. The van der Waals surface area contributed by atoms with Crippen molar-refractivity contribution >= 4 is 29.2 Å². The van der Waals surface area contributed by atoms with E-state index in [9.17, 15) is 9.90 Å². The topological polar surface area (TPSA) is 70.6 Å². The second kappa shape index (κ2) is 9.10. The van der Waals surface area contributed by atoms with Gasteiger partial charge in [0.05, 0.1) is 18.8 Å². The third kappa shape index (κ3) is 6.52. The number of hydrogen-bond acceptors (Lipinski definition) is 3. The second-order valence-corrected chi connectivity index (χ2v) is 5.51. The van der Waals surface area contributed by atoms with Gasteiger partial charge < -0.3 is 20.5 Å². The van der Waals surface area contributed by atoms with Crippen LogP contribution in [0.4, 0.5) is 4.79 Å². The molecule has 2 unspecified atom stereocenters. The van der Waals surface area contributed by atoms with E-state index in [2.05, 4.69) is 10.6 Å². The van der Waals surface area contributed by atoms with Gasteiger partial charge in [-0.25, -0.2) is 4.79 Å². The summed E-state index contributed by atoms with van der Waals surface area (Å²) in [7, 11) is 1.58. The van der Waals surface area contributed by atoms with E-state index in [0.29, 0.717) is 22.2 Å². The molecule has 0 fully saturated rings. The van der Waals surface area contributed by atoms with Crippen molar-refractivity contribution in [3.05, 3.63) is 33.8 Å². The van der Waals surface area contributed by atoms with Crippen LogP contribution in [0.15, 0.2) is 18.2 Å². The summed E-state index contributed by atoms with van der Waals surface area (Å²) in [6, 6.07) is 4.38. The van der Waals surface area contributed by atoms with Crippen molar-refractivity contribution in [3.63, 3.8) is 0 Å². The fraction of sp³-hybridized carbons (Fsp3) is 0.500. The van der Waals surface area contributed by atoms with Crippen molar-refractivity contribution in [3.8, 4) is 0 Å². The van der Waals surface area contributed by atoms with E-state index < -0.39 is 6.10 Å². The highest BCUT2D eigenvalue weighted by molar-refractivity contribution is 6.34. The van der Waals surface area contributed by atoms with Gasteiger partial charge in [0, 0.05) is 23.7 Å². The first-order valence-electron chi connectivity index (χ1n) is 6.63. The van der Waals surface area contributed by atoms with Crippen LogP contribution in [0.25, 0.3) is 0 Å². The molecule has 7 heteroatoms. The monoisotopic (exact) mass is 334 g/mol. The van der Waals surface area contributed by atoms with Crippen molar-refractivity contribution in [1.82, 2.24) is 10.6 Å². The minimum atomic E-state index is -0.880. The average Bonchev–Trinajstić information content (AvgIpc) is 2.43. The van der Waals surface area contributed by atoms with Crippen LogP contribution in [0.3, 0.4) is 0 Å². The third-order valence-corrected chi connectivity index (χ3v) is 3.36. The number of carbonyl (C=O) groups excluding carboxylic acids is 1. The number of amides is 2. The quantitative estimate of drug-likeness (QED) is 0.718. The second-order valence-electron chi connectivity index (χ2n) is 4.63. The molecule has 1 aromatic carbocycles. The van der Waals surface area contributed by atoms with Gasteiger partial charge in [-0.3, -0.25) is 0 Å². The first kappa shape index (κ1) is 18.0. The Bertz CT molecular complexity index is 451. The Morgan fingerprint density at radius 3 is 2.48 bits per heavy atom. The SMILES string of the molecule is CCC(COC)NC(=O)NCC(O)c1cc(Cl)cc(Cl)c1. The van der Waals surface area contributed by atoms with Crippen molar-refractivity contribution in [1.29, 1.82) is 0 Å². The van der Waals surface area contributed by atoms with E-state index >= 15 is 0 Å². The Kier molecular flexibility index (Phi) is 7.82. The first-order valence-corrected chi connectivity index (χ1v) is 7.39. The summed E-state index contributed by atoms with van der Waals surface area (Å²) in [4.78, 5) is 11.7. The zero-order valence-corrected chi connectivity index (χ0v) is 13.5. The zero-order chi connectivity index (χ0) is 15.8. The molecule has 1 aromatic rings. The summed E-state index contributed by atoms with van der Waals surface area (Å²) in [6.07, 6.45) is -0.122. The molecule has 0 radical (unpaired) electrons. The van der Waals surface area contributed by atoms with Crippen LogP contribution >= 0.6 is 23.2 Å². The molecule has 0 aliphatic carbocycles. The largest absolute Gasteiger partial charge is 0.387 e. The van der Waals surface area contributed by atoms with Crippen molar-refractivity contribution in [2.75, 3.05) is 20.3 Å². The van der Waals surface area contributed by atoms with Gasteiger partial charge >= 0.3 is 6.03 Å². The molecule has 0 heterocycles. The van der Waals surface area contributed by atoms with Crippen LogP contribution in [-0.2, 0) is 4.74 Å². The molecule has 0 saturated carbocycles. The zero-order valence-electron chi connectivity index (χ0n) is 12.0. The van der Waals surface area contributed by atoms with Gasteiger partial charge in [0.1, 0.15) is 0 Å². The summed E-state index contributed by atoms with van der Waals surface area (Å²) in [6.45, 7) is 2.45. The van der Waals surface area contributed by atoms with Crippen LogP contribution in [0.2, 0.25) is 10.0 Å². The third-order valence-electron chi connectivity index (χ3n) is 2.92. The van der Waals surface area contributed by atoms with Crippen LogP contribution in [0, 0.1) is 0 Å². The molecule has 5 nitrogen and oxygen atoms in total. The lowest BCUT2D eigenvalue weighted by Gasteiger charge is -2.18. The number of carbonyl (C=O) groups is 1. The number of methoxy groups -OCH3 is 1. The average molecular weight is 335 g/mol. The highest BCUT2D eigenvalue weighted by Gasteiger charge is 2.13. The molecule has 0 bridgehead atoms. The molecule has 2 amide bonds. The van der Waals surface area contributed by atoms with Crippen molar-refractivity contribution < 1.29 is 14.6 Å². The van der Waals surface area contributed by atoms with E-state index in [1.807, 2.05) is 6.92 Å². The molecule has 1 rings (SSSR count). The summed E-state index contributed by atoms with van der Waals surface area (Å²) >= 11 is 11.7. The molecule has 0 saturated heterocycles. The number of rotatable bonds is 7. The minimum Gasteiger partial charge on any atom is -0.387 e. The molecule has 2 atom stereocenters. The Hall–Kier alpha value is -1.01. The van der Waals surface area contributed by atoms with Gasteiger partial charge in [0.25, 0.3) is 0 Å². The predicted molar refractivity (Wildman–Crippen MR) is 83.9 cm³/mol. The lowest BCUT2D eigenvalue weighted by Crippen LogP contribution is -2.44. The Balaban J connectivity index is 2.48. The van der Waals surface area contributed by atoms with E-state index in [1.165, 1.54) is 0 Å². The van der Waals surface area contributed by atoms with E-state index in [4.69, 9.17) is 27.9 Å². The highest BCUT2D eigenvalue weighted by Crippen LogP contribution is 2.23. The number of aliphatic hydroxyl groups excluding tert-OH is 1. The summed E-state index contributed by atoms with van der Waals surface area (Å²) in [5, 5.41) is 16.3. The molecule has 118 valence electrons. The van der Waals surface area contributed by atoms with Crippen LogP contribution in [-0.4, -0.2) is 37.4 Å². The minimum absolute atomic E-state index is 0.0614. The van der Waals surface area contributed by atoms with Gasteiger partial charge in [-0.2, -0.15) is 0 Å². The molecule has 0 aromatic heterocycles. The van der Waals surface area contributed by atoms with E-state index in [0.717, 1.165) is 6.42 Å². The number of urea groups is 1. The Morgan fingerprint density at radius 2 is 1.95 bits per heavy atom.